The van der Waals surface area contributed by atoms with E-state index in [2.05, 4.69) is 6.58 Å². The lowest BCUT2D eigenvalue weighted by molar-refractivity contribution is -0.155. The Kier molecular flexibility index (Phi) is 4.15. The number of amides is 1. The minimum absolute atomic E-state index is 0.259. The van der Waals surface area contributed by atoms with E-state index in [9.17, 15) is 9.59 Å². The van der Waals surface area contributed by atoms with Crippen molar-refractivity contribution in [1.82, 2.24) is 4.90 Å². The second kappa shape index (κ2) is 5.21. The van der Waals surface area contributed by atoms with Gasteiger partial charge in [0.25, 0.3) is 0 Å². The van der Waals surface area contributed by atoms with Gasteiger partial charge in [-0.3, -0.25) is 4.79 Å². The number of likely N-dealkylation sites (tertiary alicyclic amines) is 1. The third kappa shape index (κ3) is 2.99. The monoisotopic (exact) mass is 241 g/mol. The third-order valence-corrected chi connectivity index (χ3v) is 3.25. The van der Waals surface area contributed by atoms with Crippen LogP contribution >= 0.6 is 0 Å². The standard InChI is InChI=1S/C12H19NO4/c1-9(2)8-12(10(14)17-3)4-6-13(7-5-12)11(15)16/h1,4-8H2,2-3H3,(H,15,16). The molecule has 1 rings (SSSR count). The summed E-state index contributed by atoms with van der Waals surface area (Å²) in [5, 5.41) is 8.88. The summed E-state index contributed by atoms with van der Waals surface area (Å²) in [7, 11) is 1.37. The molecule has 1 aliphatic heterocycles. The Morgan fingerprint density at radius 2 is 1.94 bits per heavy atom. The number of allylic oxidation sites excluding steroid dienone is 1. The first-order valence-electron chi connectivity index (χ1n) is 5.62. The van der Waals surface area contributed by atoms with Gasteiger partial charge in [-0.1, -0.05) is 5.57 Å². The van der Waals surface area contributed by atoms with Crippen molar-refractivity contribution in [2.24, 2.45) is 5.41 Å². The van der Waals surface area contributed by atoms with Crippen molar-refractivity contribution < 1.29 is 19.4 Å². The summed E-state index contributed by atoms with van der Waals surface area (Å²) in [5.41, 5.74) is 0.325. The summed E-state index contributed by atoms with van der Waals surface area (Å²) in [4.78, 5) is 24.0. The highest BCUT2D eigenvalue weighted by Crippen LogP contribution is 2.38. The van der Waals surface area contributed by atoms with Crippen LogP contribution in [0.15, 0.2) is 12.2 Å². The van der Waals surface area contributed by atoms with Crippen LogP contribution in [0.25, 0.3) is 0 Å². The van der Waals surface area contributed by atoms with Crippen molar-refractivity contribution >= 4 is 12.1 Å². The zero-order valence-electron chi connectivity index (χ0n) is 10.4. The molecule has 0 bridgehead atoms. The maximum Gasteiger partial charge on any atom is 0.407 e. The quantitative estimate of drug-likeness (QED) is 0.605. The van der Waals surface area contributed by atoms with Crippen LogP contribution in [0.4, 0.5) is 4.79 Å². The van der Waals surface area contributed by atoms with Gasteiger partial charge in [0.15, 0.2) is 0 Å². The number of carbonyl (C=O) groups excluding carboxylic acids is 1. The number of hydrogen-bond acceptors (Lipinski definition) is 3. The van der Waals surface area contributed by atoms with Gasteiger partial charge in [-0.25, -0.2) is 4.79 Å². The van der Waals surface area contributed by atoms with Gasteiger partial charge < -0.3 is 14.7 Å². The van der Waals surface area contributed by atoms with Gasteiger partial charge >= 0.3 is 12.1 Å². The Bertz CT molecular complexity index is 329. The zero-order valence-corrected chi connectivity index (χ0v) is 10.4. The number of nitrogens with zero attached hydrogens (tertiary/aromatic N) is 1. The summed E-state index contributed by atoms with van der Waals surface area (Å²) in [6, 6.07) is 0. The van der Waals surface area contributed by atoms with E-state index in [-0.39, 0.29) is 5.97 Å². The summed E-state index contributed by atoms with van der Waals surface area (Å²) in [6.07, 6.45) is 0.629. The van der Waals surface area contributed by atoms with E-state index in [0.717, 1.165) is 5.57 Å². The lowest BCUT2D eigenvalue weighted by atomic mass is 9.74. The highest BCUT2D eigenvalue weighted by Gasteiger charge is 2.43. The number of rotatable bonds is 3. The minimum atomic E-state index is -0.932. The van der Waals surface area contributed by atoms with E-state index in [1.165, 1.54) is 12.0 Å². The molecule has 0 aliphatic carbocycles. The van der Waals surface area contributed by atoms with Crippen LogP contribution in [0, 0.1) is 5.41 Å². The van der Waals surface area contributed by atoms with E-state index in [4.69, 9.17) is 9.84 Å². The SMILES string of the molecule is C=C(C)CC1(C(=O)OC)CCN(C(=O)O)CC1. The fraction of sp³-hybridized carbons (Fsp3) is 0.667. The number of esters is 1. The average molecular weight is 241 g/mol. The van der Waals surface area contributed by atoms with Crippen LogP contribution in [0.2, 0.25) is 0 Å². The van der Waals surface area contributed by atoms with Gasteiger partial charge in [0.05, 0.1) is 12.5 Å². The van der Waals surface area contributed by atoms with Crippen LogP contribution in [-0.2, 0) is 9.53 Å². The molecule has 1 aliphatic rings. The van der Waals surface area contributed by atoms with Crippen molar-refractivity contribution in [3.8, 4) is 0 Å². The summed E-state index contributed by atoms with van der Waals surface area (Å²) in [6.45, 7) is 6.44. The van der Waals surface area contributed by atoms with Gasteiger partial charge in [0.2, 0.25) is 0 Å². The van der Waals surface area contributed by atoms with Crippen LogP contribution in [0.5, 0.6) is 0 Å². The Morgan fingerprint density at radius 3 is 2.29 bits per heavy atom. The molecule has 0 spiro atoms. The van der Waals surface area contributed by atoms with Crippen molar-refractivity contribution in [2.75, 3.05) is 20.2 Å². The second-order valence-corrected chi connectivity index (χ2v) is 4.68. The van der Waals surface area contributed by atoms with Gasteiger partial charge in [0, 0.05) is 13.1 Å². The molecule has 1 fully saturated rings. The Labute approximate surface area is 101 Å². The molecule has 1 saturated heterocycles. The highest BCUT2D eigenvalue weighted by atomic mass is 16.5. The molecule has 1 amide bonds. The van der Waals surface area contributed by atoms with E-state index in [1.807, 2.05) is 6.92 Å². The predicted molar refractivity (Wildman–Crippen MR) is 62.7 cm³/mol. The third-order valence-electron chi connectivity index (χ3n) is 3.25. The summed E-state index contributed by atoms with van der Waals surface area (Å²) in [5.74, 6) is -0.259. The second-order valence-electron chi connectivity index (χ2n) is 4.68. The van der Waals surface area contributed by atoms with Crippen LogP contribution in [0.3, 0.4) is 0 Å². The number of carbonyl (C=O) groups is 2. The van der Waals surface area contributed by atoms with Crippen molar-refractivity contribution in [1.29, 1.82) is 0 Å². The molecule has 0 unspecified atom stereocenters. The van der Waals surface area contributed by atoms with Crippen molar-refractivity contribution in [2.45, 2.75) is 26.2 Å². The number of ether oxygens (including phenoxy) is 1. The molecular formula is C12H19NO4. The molecule has 1 N–H and O–H groups in total. The number of carboxylic acid groups (broad SMARTS) is 1. The molecule has 0 saturated carbocycles. The van der Waals surface area contributed by atoms with Gasteiger partial charge in [-0.15, -0.1) is 6.58 Å². The fourth-order valence-corrected chi connectivity index (χ4v) is 2.37. The fourth-order valence-electron chi connectivity index (χ4n) is 2.37. The molecule has 5 heteroatoms. The Balaban J connectivity index is 2.78. The van der Waals surface area contributed by atoms with E-state index in [1.54, 1.807) is 0 Å². The molecule has 96 valence electrons. The number of hydrogen-bond donors (Lipinski definition) is 1. The Morgan fingerprint density at radius 1 is 1.41 bits per heavy atom. The predicted octanol–water partition coefficient (Wildman–Crippen LogP) is 1.89. The molecule has 0 aromatic rings. The Hall–Kier alpha value is -1.52. The molecule has 0 radical (unpaired) electrons. The molecular weight excluding hydrogens is 222 g/mol. The molecule has 5 nitrogen and oxygen atoms in total. The van der Waals surface area contributed by atoms with Crippen molar-refractivity contribution in [3.63, 3.8) is 0 Å². The lowest BCUT2D eigenvalue weighted by Crippen LogP contribution is -2.46. The van der Waals surface area contributed by atoms with Crippen LogP contribution < -0.4 is 0 Å². The first-order chi connectivity index (χ1) is 7.91. The molecule has 17 heavy (non-hydrogen) atoms. The largest absolute Gasteiger partial charge is 0.469 e. The molecule has 0 aromatic heterocycles. The van der Waals surface area contributed by atoms with E-state index >= 15 is 0 Å². The van der Waals surface area contributed by atoms with Crippen LogP contribution in [-0.4, -0.2) is 42.3 Å². The van der Waals surface area contributed by atoms with Crippen LogP contribution in [0.1, 0.15) is 26.2 Å². The minimum Gasteiger partial charge on any atom is -0.469 e. The van der Waals surface area contributed by atoms with Gasteiger partial charge in [-0.2, -0.15) is 0 Å². The zero-order chi connectivity index (χ0) is 13.1. The molecule has 0 aromatic carbocycles. The van der Waals surface area contributed by atoms with Crippen molar-refractivity contribution in [3.05, 3.63) is 12.2 Å². The average Bonchev–Trinajstić information content (AvgIpc) is 2.27. The summed E-state index contributed by atoms with van der Waals surface area (Å²) < 4.78 is 4.84. The summed E-state index contributed by atoms with van der Waals surface area (Å²) >= 11 is 0. The maximum absolute atomic E-state index is 11.9. The highest BCUT2D eigenvalue weighted by molar-refractivity contribution is 5.77. The number of piperidine rings is 1. The first kappa shape index (κ1) is 13.5. The molecule has 0 atom stereocenters. The first-order valence-corrected chi connectivity index (χ1v) is 5.62. The topological polar surface area (TPSA) is 66.8 Å². The number of methoxy groups -OCH3 is 1. The maximum atomic E-state index is 11.9. The van der Waals surface area contributed by atoms with Gasteiger partial charge in [-0.05, 0) is 26.2 Å². The smallest absolute Gasteiger partial charge is 0.407 e. The lowest BCUT2D eigenvalue weighted by Gasteiger charge is -2.38. The normalized spacial score (nSPS) is 18.6. The van der Waals surface area contributed by atoms with Gasteiger partial charge in [0.1, 0.15) is 0 Å². The van der Waals surface area contributed by atoms with E-state index in [0.29, 0.717) is 32.4 Å². The molecule has 1 heterocycles. The van der Waals surface area contributed by atoms with E-state index < -0.39 is 11.5 Å².